The Morgan fingerprint density at radius 2 is 1.76 bits per heavy atom. The topological polar surface area (TPSA) is 125 Å². The monoisotopic (exact) mass is 454 g/mol. The quantitative estimate of drug-likeness (QED) is 0.488. The van der Waals surface area contributed by atoms with Crippen LogP contribution in [0.3, 0.4) is 0 Å². The number of aliphatic hydroxyl groups is 1. The molecule has 0 aliphatic heterocycles. The zero-order valence-electron chi connectivity index (χ0n) is 19.5. The van der Waals surface area contributed by atoms with Gasteiger partial charge in [-0.1, -0.05) is 11.8 Å². The fraction of sp³-hybridized carbons (Fsp3) is 0.480. The van der Waals surface area contributed by atoms with Crippen molar-refractivity contribution < 1.29 is 29.3 Å². The van der Waals surface area contributed by atoms with Gasteiger partial charge in [-0.2, -0.15) is 0 Å². The SMILES string of the molecule is CC(C)(C)OC(=O)NC(C)(C)C(NC(=O)c1ccc(C#CC#C[C@H]2C[C@@H]2CO)cc1)C(=O)O. The second-order valence-corrected chi connectivity index (χ2v) is 9.47. The number of aliphatic carboxylic acids is 1. The molecule has 0 heterocycles. The number of rotatable bonds is 6. The van der Waals surface area contributed by atoms with Gasteiger partial charge in [0.15, 0.2) is 0 Å². The summed E-state index contributed by atoms with van der Waals surface area (Å²) >= 11 is 0. The molecule has 1 aromatic rings. The summed E-state index contributed by atoms with van der Waals surface area (Å²) in [6, 6.07) is 4.93. The molecule has 4 N–H and O–H groups in total. The van der Waals surface area contributed by atoms with Crippen LogP contribution in [-0.2, 0) is 9.53 Å². The molecule has 1 unspecified atom stereocenters. The molecule has 2 rings (SSSR count). The van der Waals surface area contributed by atoms with Crippen LogP contribution in [0.1, 0.15) is 57.0 Å². The number of carboxylic acid groups (broad SMARTS) is 1. The number of carboxylic acids is 1. The molecule has 176 valence electrons. The van der Waals surface area contributed by atoms with Gasteiger partial charge in [0.05, 0.1) is 5.54 Å². The molecular weight excluding hydrogens is 424 g/mol. The summed E-state index contributed by atoms with van der Waals surface area (Å²) in [5, 5.41) is 23.6. The molecule has 0 spiro atoms. The van der Waals surface area contributed by atoms with E-state index < -0.39 is 35.2 Å². The molecule has 3 atom stereocenters. The van der Waals surface area contributed by atoms with Crippen molar-refractivity contribution >= 4 is 18.0 Å². The maximum atomic E-state index is 12.6. The molecule has 0 bridgehead atoms. The Balaban J connectivity index is 2.02. The van der Waals surface area contributed by atoms with Crippen LogP contribution in [0, 0.1) is 35.5 Å². The highest BCUT2D eigenvalue weighted by atomic mass is 16.6. The molecule has 1 aromatic carbocycles. The number of alkyl carbamates (subject to hydrolysis) is 1. The van der Waals surface area contributed by atoms with Crippen molar-refractivity contribution in [2.45, 2.75) is 58.2 Å². The summed E-state index contributed by atoms with van der Waals surface area (Å²) in [5.41, 5.74) is -1.19. The number of carbonyl (C=O) groups excluding carboxylic acids is 2. The maximum Gasteiger partial charge on any atom is 0.408 e. The summed E-state index contributed by atoms with van der Waals surface area (Å²) in [5.74, 6) is 9.95. The Labute approximate surface area is 194 Å². The predicted molar refractivity (Wildman–Crippen MR) is 122 cm³/mol. The molecule has 1 saturated carbocycles. The van der Waals surface area contributed by atoms with E-state index in [9.17, 15) is 19.5 Å². The van der Waals surface area contributed by atoms with E-state index in [1.807, 2.05) is 0 Å². The van der Waals surface area contributed by atoms with Gasteiger partial charge in [-0.3, -0.25) is 4.79 Å². The van der Waals surface area contributed by atoms with Crippen LogP contribution in [0.25, 0.3) is 0 Å². The molecule has 8 nitrogen and oxygen atoms in total. The van der Waals surface area contributed by atoms with Crippen molar-refractivity contribution in [3.05, 3.63) is 35.4 Å². The van der Waals surface area contributed by atoms with Gasteiger partial charge in [-0.15, -0.1) is 0 Å². The Hall–Kier alpha value is -3.49. The standard InChI is InChI=1S/C25H30N2O6/c1-24(2,3)33-23(32)27-25(4,5)20(22(30)31)26-21(29)17-12-10-16(11-13-17)8-6-7-9-18-14-19(18)15-28/h10-13,18-20,28H,14-15H2,1-5H3,(H,26,29)(H,27,32)(H,30,31)/t18-,19+,20?/m0/s1. The molecule has 0 saturated heterocycles. The number of aliphatic hydroxyl groups excluding tert-OH is 1. The first-order valence-electron chi connectivity index (χ1n) is 10.6. The average Bonchev–Trinajstić information content (AvgIpc) is 3.46. The third-order valence-electron chi connectivity index (χ3n) is 4.90. The smallest absolute Gasteiger partial charge is 0.408 e. The summed E-state index contributed by atoms with van der Waals surface area (Å²) < 4.78 is 5.18. The second kappa shape index (κ2) is 10.4. The zero-order valence-corrected chi connectivity index (χ0v) is 19.5. The molecule has 1 fully saturated rings. The summed E-state index contributed by atoms with van der Waals surface area (Å²) in [7, 11) is 0. The van der Waals surface area contributed by atoms with Gasteiger partial charge in [0, 0.05) is 23.7 Å². The molecular formula is C25H30N2O6. The minimum atomic E-state index is -1.41. The largest absolute Gasteiger partial charge is 0.480 e. The van der Waals surface area contributed by atoms with Crippen LogP contribution in [-0.4, -0.2) is 52.0 Å². The number of amides is 2. The highest BCUT2D eigenvalue weighted by Gasteiger charge is 2.39. The lowest BCUT2D eigenvalue weighted by molar-refractivity contribution is -0.141. The van der Waals surface area contributed by atoms with Gasteiger partial charge < -0.3 is 25.6 Å². The molecule has 1 aliphatic rings. The fourth-order valence-electron chi connectivity index (χ4n) is 2.97. The predicted octanol–water partition coefficient (Wildman–Crippen LogP) is 2.16. The Bertz CT molecular complexity index is 1020. The highest BCUT2D eigenvalue weighted by molar-refractivity contribution is 5.97. The van der Waals surface area contributed by atoms with Gasteiger partial charge in [0.25, 0.3) is 5.91 Å². The van der Waals surface area contributed by atoms with E-state index in [0.717, 1.165) is 6.42 Å². The first kappa shape index (κ1) is 25.8. The van der Waals surface area contributed by atoms with Gasteiger partial charge in [0.2, 0.25) is 0 Å². The normalized spacial score (nSPS) is 17.9. The van der Waals surface area contributed by atoms with Crippen LogP contribution in [0.4, 0.5) is 4.79 Å². The van der Waals surface area contributed by atoms with E-state index in [-0.39, 0.29) is 24.0 Å². The van der Waals surface area contributed by atoms with Crippen molar-refractivity contribution in [3.63, 3.8) is 0 Å². The van der Waals surface area contributed by atoms with E-state index >= 15 is 0 Å². The zero-order chi connectivity index (χ0) is 24.8. The molecule has 0 aromatic heterocycles. The third-order valence-corrected chi connectivity index (χ3v) is 4.90. The van der Waals surface area contributed by atoms with E-state index in [1.165, 1.54) is 26.0 Å². The van der Waals surface area contributed by atoms with E-state index in [0.29, 0.717) is 5.56 Å². The van der Waals surface area contributed by atoms with Gasteiger partial charge in [-0.25, -0.2) is 9.59 Å². The minimum Gasteiger partial charge on any atom is -0.480 e. The van der Waals surface area contributed by atoms with Crippen molar-refractivity contribution in [1.82, 2.24) is 10.6 Å². The van der Waals surface area contributed by atoms with Crippen molar-refractivity contribution in [2.24, 2.45) is 11.8 Å². The van der Waals surface area contributed by atoms with Gasteiger partial charge in [-0.05, 0) is 83.1 Å². The first-order chi connectivity index (χ1) is 15.3. The lowest BCUT2D eigenvalue weighted by Crippen LogP contribution is -2.62. The molecule has 0 radical (unpaired) electrons. The lowest BCUT2D eigenvalue weighted by atomic mass is 9.94. The number of nitrogens with one attached hydrogen (secondary N) is 2. The minimum absolute atomic E-state index is 0.146. The number of hydrogen-bond acceptors (Lipinski definition) is 5. The van der Waals surface area contributed by atoms with Crippen LogP contribution in [0.5, 0.6) is 0 Å². The number of benzene rings is 1. The van der Waals surface area contributed by atoms with Crippen molar-refractivity contribution in [2.75, 3.05) is 6.61 Å². The summed E-state index contributed by atoms with van der Waals surface area (Å²) in [6.45, 7) is 8.19. The van der Waals surface area contributed by atoms with Gasteiger partial charge >= 0.3 is 12.1 Å². The highest BCUT2D eigenvalue weighted by Crippen LogP contribution is 2.36. The number of carbonyl (C=O) groups is 3. The Kier molecular flexibility index (Phi) is 8.13. The first-order valence-corrected chi connectivity index (χ1v) is 10.6. The van der Waals surface area contributed by atoms with Crippen molar-refractivity contribution in [1.29, 1.82) is 0 Å². The second-order valence-electron chi connectivity index (χ2n) is 9.47. The van der Waals surface area contributed by atoms with Crippen LogP contribution in [0.2, 0.25) is 0 Å². The molecule has 2 amide bonds. The maximum absolute atomic E-state index is 12.6. The lowest BCUT2D eigenvalue weighted by Gasteiger charge is -2.33. The van der Waals surface area contributed by atoms with Crippen LogP contribution >= 0.6 is 0 Å². The van der Waals surface area contributed by atoms with Crippen molar-refractivity contribution in [3.8, 4) is 23.7 Å². The number of ether oxygens (including phenoxy) is 1. The summed E-state index contributed by atoms with van der Waals surface area (Å²) in [6.07, 6.45) is 0.115. The van der Waals surface area contributed by atoms with Gasteiger partial charge in [0.1, 0.15) is 11.6 Å². The Morgan fingerprint density at radius 1 is 1.12 bits per heavy atom. The summed E-state index contributed by atoms with van der Waals surface area (Å²) in [4.78, 5) is 36.6. The van der Waals surface area contributed by atoms with E-state index in [1.54, 1.807) is 32.9 Å². The Morgan fingerprint density at radius 3 is 2.27 bits per heavy atom. The number of hydrogen-bond donors (Lipinski definition) is 4. The van der Waals surface area contributed by atoms with Crippen LogP contribution < -0.4 is 10.6 Å². The fourth-order valence-corrected chi connectivity index (χ4v) is 2.97. The third kappa shape index (κ3) is 8.17. The average molecular weight is 455 g/mol. The van der Waals surface area contributed by atoms with E-state index in [4.69, 9.17) is 9.84 Å². The molecule has 33 heavy (non-hydrogen) atoms. The molecule has 1 aliphatic carbocycles. The van der Waals surface area contributed by atoms with Crippen LogP contribution in [0.15, 0.2) is 24.3 Å². The van der Waals surface area contributed by atoms with E-state index in [2.05, 4.69) is 34.3 Å². The molecule has 8 heteroatoms.